The summed E-state index contributed by atoms with van der Waals surface area (Å²) in [7, 11) is 0. The number of nitrogen functional groups attached to an aromatic ring is 1. The molecule has 0 fully saturated rings. The minimum Gasteiger partial charge on any atom is -0.397 e. The zero-order chi connectivity index (χ0) is 12.3. The molecule has 90 valence electrons. The van der Waals surface area contributed by atoms with Gasteiger partial charge in [-0.15, -0.1) is 0 Å². The molecule has 16 heavy (non-hydrogen) atoms. The van der Waals surface area contributed by atoms with Crippen molar-refractivity contribution in [2.24, 2.45) is 11.3 Å². The highest BCUT2D eigenvalue weighted by molar-refractivity contribution is 9.10. The van der Waals surface area contributed by atoms with E-state index in [0.717, 1.165) is 22.4 Å². The summed E-state index contributed by atoms with van der Waals surface area (Å²) < 4.78 is 1.05. The fraction of sp³-hybridized carbons (Fsp3) is 0.538. The molecule has 0 aliphatic heterocycles. The van der Waals surface area contributed by atoms with Crippen LogP contribution in [0, 0.1) is 11.3 Å². The van der Waals surface area contributed by atoms with Crippen LogP contribution in [-0.4, -0.2) is 6.54 Å². The van der Waals surface area contributed by atoms with E-state index in [0.29, 0.717) is 11.3 Å². The summed E-state index contributed by atoms with van der Waals surface area (Å²) >= 11 is 3.45. The van der Waals surface area contributed by atoms with Gasteiger partial charge in [-0.3, -0.25) is 0 Å². The van der Waals surface area contributed by atoms with E-state index >= 15 is 0 Å². The van der Waals surface area contributed by atoms with Crippen molar-refractivity contribution in [2.75, 3.05) is 17.6 Å². The monoisotopic (exact) mass is 284 g/mol. The zero-order valence-electron chi connectivity index (χ0n) is 10.5. The average molecular weight is 285 g/mol. The highest BCUT2D eigenvalue weighted by atomic mass is 79.9. The third-order valence-electron chi connectivity index (χ3n) is 3.09. The Morgan fingerprint density at radius 1 is 1.38 bits per heavy atom. The maximum absolute atomic E-state index is 5.90. The van der Waals surface area contributed by atoms with Crippen LogP contribution in [0.4, 0.5) is 11.4 Å². The van der Waals surface area contributed by atoms with E-state index in [1.165, 1.54) is 0 Å². The molecule has 0 radical (unpaired) electrons. The van der Waals surface area contributed by atoms with E-state index < -0.39 is 0 Å². The van der Waals surface area contributed by atoms with E-state index in [2.05, 4.69) is 48.9 Å². The van der Waals surface area contributed by atoms with E-state index in [9.17, 15) is 0 Å². The second-order valence-corrected chi connectivity index (χ2v) is 6.30. The van der Waals surface area contributed by atoms with E-state index in [-0.39, 0.29) is 0 Å². The lowest BCUT2D eigenvalue weighted by Gasteiger charge is -2.28. The van der Waals surface area contributed by atoms with Gasteiger partial charge in [0.15, 0.2) is 0 Å². The molecule has 0 bridgehead atoms. The normalized spacial score (nSPS) is 13.6. The first-order valence-corrected chi connectivity index (χ1v) is 6.39. The highest BCUT2D eigenvalue weighted by Gasteiger charge is 2.19. The fourth-order valence-electron chi connectivity index (χ4n) is 1.25. The number of nitrogens with two attached hydrogens (primary N) is 1. The summed E-state index contributed by atoms with van der Waals surface area (Å²) in [6.45, 7) is 9.95. The molecule has 0 saturated heterocycles. The number of hydrogen-bond acceptors (Lipinski definition) is 2. The van der Waals surface area contributed by atoms with Gasteiger partial charge in [0.05, 0.1) is 11.4 Å². The van der Waals surface area contributed by atoms with Gasteiger partial charge in [0, 0.05) is 11.0 Å². The van der Waals surface area contributed by atoms with Crippen molar-refractivity contribution in [1.29, 1.82) is 0 Å². The Morgan fingerprint density at radius 3 is 2.56 bits per heavy atom. The van der Waals surface area contributed by atoms with Crippen LogP contribution in [0.15, 0.2) is 22.7 Å². The zero-order valence-corrected chi connectivity index (χ0v) is 12.1. The number of hydrogen-bond donors (Lipinski definition) is 2. The quantitative estimate of drug-likeness (QED) is 0.820. The lowest BCUT2D eigenvalue weighted by atomic mass is 9.82. The van der Waals surface area contributed by atoms with Crippen molar-refractivity contribution in [1.82, 2.24) is 0 Å². The molecule has 3 heteroatoms. The Kier molecular flexibility index (Phi) is 4.25. The first-order chi connectivity index (χ1) is 7.30. The van der Waals surface area contributed by atoms with Gasteiger partial charge in [-0.1, -0.05) is 43.6 Å². The van der Waals surface area contributed by atoms with Crippen LogP contribution in [-0.2, 0) is 0 Å². The van der Waals surface area contributed by atoms with Gasteiger partial charge in [0.2, 0.25) is 0 Å². The molecule has 3 N–H and O–H groups in total. The fourth-order valence-corrected chi connectivity index (χ4v) is 1.61. The van der Waals surface area contributed by atoms with E-state index in [1.807, 2.05) is 18.2 Å². The average Bonchev–Trinajstić information content (AvgIpc) is 2.17. The summed E-state index contributed by atoms with van der Waals surface area (Å²) in [4.78, 5) is 0. The molecular formula is C13H21BrN2. The predicted octanol–water partition coefficient (Wildman–Crippen LogP) is 4.13. The summed E-state index contributed by atoms with van der Waals surface area (Å²) in [5.41, 5.74) is 8.02. The van der Waals surface area contributed by atoms with Crippen molar-refractivity contribution in [3.63, 3.8) is 0 Å². The molecule has 1 atom stereocenters. The SMILES string of the molecule is CC(CNc1cc(Br)ccc1N)C(C)(C)C. The summed E-state index contributed by atoms with van der Waals surface area (Å²) in [6.07, 6.45) is 0. The molecule has 2 nitrogen and oxygen atoms in total. The minimum atomic E-state index is 0.313. The second kappa shape index (κ2) is 5.09. The van der Waals surface area contributed by atoms with Crippen molar-refractivity contribution in [3.8, 4) is 0 Å². The van der Waals surface area contributed by atoms with Gasteiger partial charge < -0.3 is 11.1 Å². The first-order valence-electron chi connectivity index (χ1n) is 5.59. The molecule has 1 unspecified atom stereocenters. The van der Waals surface area contributed by atoms with Crippen LogP contribution in [0.5, 0.6) is 0 Å². The second-order valence-electron chi connectivity index (χ2n) is 5.38. The van der Waals surface area contributed by atoms with Crippen LogP contribution in [0.1, 0.15) is 27.7 Å². The van der Waals surface area contributed by atoms with Crippen LogP contribution < -0.4 is 11.1 Å². The smallest absolute Gasteiger partial charge is 0.0585 e. The lowest BCUT2D eigenvalue weighted by Crippen LogP contribution is -2.25. The Balaban J connectivity index is 2.64. The number of anilines is 2. The number of halogens is 1. The first kappa shape index (κ1) is 13.4. The third-order valence-corrected chi connectivity index (χ3v) is 3.59. The number of rotatable bonds is 3. The summed E-state index contributed by atoms with van der Waals surface area (Å²) in [5, 5.41) is 3.41. The van der Waals surface area contributed by atoms with Gasteiger partial charge in [-0.25, -0.2) is 0 Å². The maximum atomic E-state index is 5.90. The minimum absolute atomic E-state index is 0.313. The van der Waals surface area contributed by atoms with Crippen molar-refractivity contribution in [2.45, 2.75) is 27.7 Å². The van der Waals surface area contributed by atoms with Crippen molar-refractivity contribution >= 4 is 27.3 Å². The molecule has 1 aromatic rings. The standard InChI is InChI=1S/C13H21BrN2/c1-9(13(2,3)4)8-16-12-7-10(14)5-6-11(12)15/h5-7,9,16H,8,15H2,1-4H3. The largest absolute Gasteiger partial charge is 0.397 e. The van der Waals surface area contributed by atoms with Crippen LogP contribution >= 0.6 is 15.9 Å². The molecule has 0 aromatic heterocycles. The molecule has 0 heterocycles. The number of benzene rings is 1. The van der Waals surface area contributed by atoms with Gasteiger partial charge in [0.25, 0.3) is 0 Å². The molecule has 0 aliphatic rings. The Morgan fingerprint density at radius 2 is 2.00 bits per heavy atom. The number of nitrogens with one attached hydrogen (secondary N) is 1. The van der Waals surface area contributed by atoms with Crippen molar-refractivity contribution in [3.05, 3.63) is 22.7 Å². The van der Waals surface area contributed by atoms with Gasteiger partial charge in [-0.05, 0) is 29.5 Å². The Labute approximate surface area is 107 Å². The van der Waals surface area contributed by atoms with E-state index in [4.69, 9.17) is 5.73 Å². The topological polar surface area (TPSA) is 38.0 Å². The van der Waals surface area contributed by atoms with Crippen LogP contribution in [0.25, 0.3) is 0 Å². The molecule has 0 amide bonds. The summed E-state index contributed by atoms with van der Waals surface area (Å²) in [6, 6.07) is 5.88. The maximum Gasteiger partial charge on any atom is 0.0585 e. The molecule has 1 aromatic carbocycles. The summed E-state index contributed by atoms with van der Waals surface area (Å²) in [5.74, 6) is 0.589. The Bertz CT molecular complexity index is 355. The predicted molar refractivity (Wildman–Crippen MR) is 75.7 cm³/mol. The van der Waals surface area contributed by atoms with Gasteiger partial charge in [-0.2, -0.15) is 0 Å². The van der Waals surface area contributed by atoms with Crippen molar-refractivity contribution < 1.29 is 0 Å². The van der Waals surface area contributed by atoms with Crippen LogP contribution in [0.2, 0.25) is 0 Å². The highest BCUT2D eigenvalue weighted by Crippen LogP contribution is 2.28. The van der Waals surface area contributed by atoms with Gasteiger partial charge >= 0.3 is 0 Å². The Hall–Kier alpha value is -0.700. The molecule has 0 saturated carbocycles. The van der Waals surface area contributed by atoms with E-state index in [1.54, 1.807) is 0 Å². The lowest BCUT2D eigenvalue weighted by molar-refractivity contribution is 0.274. The molecule has 0 spiro atoms. The molecule has 1 rings (SSSR count). The van der Waals surface area contributed by atoms with Crippen LogP contribution in [0.3, 0.4) is 0 Å². The molecule has 0 aliphatic carbocycles. The molecular weight excluding hydrogens is 264 g/mol. The van der Waals surface area contributed by atoms with Gasteiger partial charge in [0.1, 0.15) is 0 Å². The third kappa shape index (κ3) is 3.71.